The summed E-state index contributed by atoms with van der Waals surface area (Å²) in [6.07, 6.45) is 3.53. The van der Waals surface area contributed by atoms with E-state index in [2.05, 4.69) is 23.5 Å². The molecule has 0 aromatic heterocycles. The van der Waals surface area contributed by atoms with Gasteiger partial charge in [-0.05, 0) is 61.1 Å². The monoisotopic (exact) mass is 325 g/mol. The molecule has 2 aromatic carbocycles. The van der Waals surface area contributed by atoms with Gasteiger partial charge in [0.15, 0.2) is 11.5 Å². The highest BCUT2D eigenvalue weighted by Crippen LogP contribution is 2.28. The van der Waals surface area contributed by atoms with Crippen LogP contribution in [0.1, 0.15) is 46.4 Å². The summed E-state index contributed by atoms with van der Waals surface area (Å²) in [6.45, 7) is 2.01. The molecular formula is C20H23NO3. The second-order valence-corrected chi connectivity index (χ2v) is 6.15. The van der Waals surface area contributed by atoms with Crippen molar-refractivity contribution in [1.82, 2.24) is 5.32 Å². The Kier molecular flexibility index (Phi) is 4.74. The van der Waals surface area contributed by atoms with Crippen molar-refractivity contribution in [2.45, 2.75) is 32.2 Å². The van der Waals surface area contributed by atoms with Gasteiger partial charge in [0, 0.05) is 5.56 Å². The van der Waals surface area contributed by atoms with E-state index in [1.807, 2.05) is 6.92 Å². The number of benzene rings is 2. The quantitative estimate of drug-likeness (QED) is 0.912. The molecule has 1 atom stereocenters. The summed E-state index contributed by atoms with van der Waals surface area (Å²) < 4.78 is 10.5. The summed E-state index contributed by atoms with van der Waals surface area (Å²) >= 11 is 0. The lowest BCUT2D eigenvalue weighted by Gasteiger charge is -2.16. The second-order valence-electron chi connectivity index (χ2n) is 6.15. The molecule has 0 aliphatic heterocycles. The van der Waals surface area contributed by atoms with Crippen LogP contribution >= 0.6 is 0 Å². The van der Waals surface area contributed by atoms with E-state index in [1.54, 1.807) is 32.4 Å². The first kappa shape index (κ1) is 16.4. The van der Waals surface area contributed by atoms with Gasteiger partial charge in [-0.1, -0.05) is 18.2 Å². The smallest absolute Gasteiger partial charge is 0.251 e. The minimum absolute atomic E-state index is 0.0449. The maximum atomic E-state index is 12.5. The first-order valence-corrected chi connectivity index (χ1v) is 8.27. The zero-order valence-corrected chi connectivity index (χ0v) is 14.4. The lowest BCUT2D eigenvalue weighted by atomic mass is 10.0. The number of hydrogen-bond donors (Lipinski definition) is 1. The molecule has 1 N–H and O–H groups in total. The lowest BCUT2D eigenvalue weighted by Crippen LogP contribution is -2.26. The van der Waals surface area contributed by atoms with Crippen LogP contribution in [0.5, 0.6) is 11.5 Å². The molecule has 0 fully saturated rings. The average Bonchev–Trinajstić information content (AvgIpc) is 3.08. The van der Waals surface area contributed by atoms with Crippen LogP contribution in [0.3, 0.4) is 0 Å². The summed E-state index contributed by atoms with van der Waals surface area (Å²) in [7, 11) is 3.14. The number of aryl methyl sites for hydroxylation is 2. The Labute approximate surface area is 142 Å². The van der Waals surface area contributed by atoms with Crippen molar-refractivity contribution in [2.24, 2.45) is 0 Å². The fourth-order valence-corrected chi connectivity index (χ4v) is 3.20. The SMILES string of the molecule is COc1ccc(C(=O)N[C@@H](C)c2ccc3c(c2)CCC3)cc1OC. The topological polar surface area (TPSA) is 47.6 Å². The average molecular weight is 325 g/mol. The highest BCUT2D eigenvalue weighted by Gasteiger charge is 2.16. The highest BCUT2D eigenvalue weighted by atomic mass is 16.5. The van der Waals surface area contributed by atoms with Crippen LogP contribution in [-0.4, -0.2) is 20.1 Å². The van der Waals surface area contributed by atoms with Crippen molar-refractivity contribution in [3.8, 4) is 11.5 Å². The Bertz CT molecular complexity index is 755. The number of hydrogen-bond acceptors (Lipinski definition) is 3. The third-order valence-corrected chi connectivity index (χ3v) is 4.62. The summed E-state index contributed by atoms with van der Waals surface area (Å²) in [4.78, 5) is 12.5. The maximum absolute atomic E-state index is 12.5. The molecule has 3 rings (SSSR count). The predicted molar refractivity (Wildman–Crippen MR) is 93.9 cm³/mol. The Morgan fingerprint density at radius 3 is 2.50 bits per heavy atom. The van der Waals surface area contributed by atoms with E-state index in [-0.39, 0.29) is 11.9 Å². The highest BCUT2D eigenvalue weighted by molar-refractivity contribution is 5.95. The van der Waals surface area contributed by atoms with Gasteiger partial charge in [0.2, 0.25) is 0 Å². The standard InChI is InChI=1S/C20H23NO3/c1-13(15-8-7-14-5-4-6-16(14)11-15)21-20(22)17-9-10-18(23-2)19(12-17)24-3/h7-13H,4-6H2,1-3H3,(H,21,22)/t13-/m0/s1. The van der Waals surface area contributed by atoms with Crippen molar-refractivity contribution >= 4 is 5.91 Å². The van der Waals surface area contributed by atoms with Gasteiger partial charge >= 0.3 is 0 Å². The molecule has 0 spiro atoms. The lowest BCUT2D eigenvalue weighted by molar-refractivity contribution is 0.0939. The predicted octanol–water partition coefficient (Wildman–Crippen LogP) is 3.68. The van der Waals surface area contributed by atoms with Gasteiger partial charge in [-0.15, -0.1) is 0 Å². The van der Waals surface area contributed by atoms with Crippen molar-refractivity contribution in [1.29, 1.82) is 0 Å². The molecule has 0 bridgehead atoms. The summed E-state index contributed by atoms with van der Waals surface area (Å²) in [5.41, 5.74) is 4.56. The molecule has 1 amide bonds. The van der Waals surface area contributed by atoms with E-state index in [0.717, 1.165) is 12.0 Å². The number of amides is 1. The van der Waals surface area contributed by atoms with Gasteiger partial charge in [0.25, 0.3) is 5.91 Å². The van der Waals surface area contributed by atoms with Gasteiger partial charge in [-0.3, -0.25) is 4.79 Å². The molecule has 2 aromatic rings. The van der Waals surface area contributed by atoms with Crippen LogP contribution in [0.4, 0.5) is 0 Å². The van der Waals surface area contributed by atoms with Gasteiger partial charge in [-0.2, -0.15) is 0 Å². The zero-order chi connectivity index (χ0) is 17.1. The Morgan fingerprint density at radius 2 is 1.75 bits per heavy atom. The van der Waals surface area contributed by atoms with E-state index in [4.69, 9.17) is 9.47 Å². The normalized spacial score (nSPS) is 14.0. The number of nitrogens with one attached hydrogen (secondary N) is 1. The van der Waals surface area contributed by atoms with Crippen LogP contribution in [0.25, 0.3) is 0 Å². The minimum atomic E-state index is -0.121. The van der Waals surface area contributed by atoms with Crippen LogP contribution in [-0.2, 0) is 12.8 Å². The number of fused-ring (bicyclic) bond motifs is 1. The fraction of sp³-hybridized carbons (Fsp3) is 0.350. The van der Waals surface area contributed by atoms with Crippen LogP contribution in [0, 0.1) is 0 Å². The van der Waals surface area contributed by atoms with E-state index < -0.39 is 0 Å². The fourth-order valence-electron chi connectivity index (χ4n) is 3.20. The third-order valence-electron chi connectivity index (χ3n) is 4.62. The van der Waals surface area contributed by atoms with Crippen LogP contribution < -0.4 is 14.8 Å². The van der Waals surface area contributed by atoms with E-state index in [1.165, 1.54) is 24.0 Å². The van der Waals surface area contributed by atoms with Crippen LogP contribution in [0.15, 0.2) is 36.4 Å². The molecule has 126 valence electrons. The van der Waals surface area contributed by atoms with Crippen molar-refractivity contribution in [3.05, 3.63) is 58.7 Å². The molecule has 1 aliphatic rings. The number of ether oxygens (including phenoxy) is 2. The molecule has 0 saturated carbocycles. The van der Waals surface area contributed by atoms with Gasteiger partial charge in [0.05, 0.1) is 20.3 Å². The second kappa shape index (κ2) is 6.95. The number of methoxy groups -OCH3 is 2. The molecule has 0 unspecified atom stereocenters. The molecule has 0 saturated heterocycles. The van der Waals surface area contributed by atoms with Crippen LogP contribution in [0.2, 0.25) is 0 Å². The van der Waals surface area contributed by atoms with E-state index in [0.29, 0.717) is 17.1 Å². The zero-order valence-electron chi connectivity index (χ0n) is 14.4. The van der Waals surface area contributed by atoms with Crippen molar-refractivity contribution < 1.29 is 14.3 Å². The number of carbonyl (C=O) groups is 1. The first-order chi connectivity index (χ1) is 11.6. The van der Waals surface area contributed by atoms with Gasteiger partial charge < -0.3 is 14.8 Å². The molecule has 4 heteroatoms. The Balaban J connectivity index is 1.74. The van der Waals surface area contributed by atoms with E-state index >= 15 is 0 Å². The van der Waals surface area contributed by atoms with Gasteiger partial charge in [0.1, 0.15) is 0 Å². The molecule has 0 radical (unpaired) electrons. The largest absolute Gasteiger partial charge is 0.493 e. The minimum Gasteiger partial charge on any atom is -0.493 e. The summed E-state index contributed by atoms with van der Waals surface area (Å²) in [6, 6.07) is 11.7. The van der Waals surface area contributed by atoms with Crippen molar-refractivity contribution in [2.75, 3.05) is 14.2 Å². The van der Waals surface area contributed by atoms with Crippen molar-refractivity contribution in [3.63, 3.8) is 0 Å². The molecular weight excluding hydrogens is 302 g/mol. The van der Waals surface area contributed by atoms with E-state index in [9.17, 15) is 4.79 Å². The molecule has 4 nitrogen and oxygen atoms in total. The first-order valence-electron chi connectivity index (χ1n) is 8.27. The number of rotatable bonds is 5. The summed E-state index contributed by atoms with van der Waals surface area (Å²) in [5.74, 6) is 1.04. The molecule has 0 heterocycles. The Morgan fingerprint density at radius 1 is 1.00 bits per heavy atom. The number of carbonyl (C=O) groups excluding carboxylic acids is 1. The van der Waals surface area contributed by atoms with Gasteiger partial charge in [-0.25, -0.2) is 0 Å². The molecule has 1 aliphatic carbocycles. The Hall–Kier alpha value is -2.49. The maximum Gasteiger partial charge on any atom is 0.251 e. The third kappa shape index (κ3) is 3.23. The molecule has 24 heavy (non-hydrogen) atoms. The summed E-state index contributed by atoms with van der Waals surface area (Å²) in [5, 5.41) is 3.06.